The van der Waals surface area contributed by atoms with Crippen molar-refractivity contribution >= 4 is 24.0 Å². The molecule has 126 valence electrons. The summed E-state index contributed by atoms with van der Waals surface area (Å²) in [7, 11) is 1.98. The van der Waals surface area contributed by atoms with Crippen LogP contribution in [0, 0.1) is 12.8 Å². The quantitative estimate of drug-likeness (QED) is 0.926. The van der Waals surface area contributed by atoms with Gasteiger partial charge < -0.3 is 10.2 Å². The van der Waals surface area contributed by atoms with E-state index in [1.807, 2.05) is 31.1 Å². The maximum Gasteiger partial charge on any atom is 0.259 e. The summed E-state index contributed by atoms with van der Waals surface area (Å²) in [6.07, 6.45) is 6.84. The minimum atomic E-state index is 0. The molecule has 1 aliphatic heterocycles. The maximum absolute atomic E-state index is 12.7. The summed E-state index contributed by atoms with van der Waals surface area (Å²) in [5.41, 5.74) is 2.16. The molecule has 3 heterocycles. The molecule has 1 aliphatic rings. The lowest BCUT2D eigenvalue weighted by Crippen LogP contribution is -2.39. The molecule has 1 fully saturated rings. The van der Waals surface area contributed by atoms with Crippen LogP contribution in [-0.4, -0.2) is 52.1 Å². The second-order valence-electron chi connectivity index (χ2n) is 6.02. The van der Waals surface area contributed by atoms with Crippen LogP contribution < -0.4 is 5.32 Å². The summed E-state index contributed by atoms with van der Waals surface area (Å²) in [6.45, 7) is 4.64. The van der Waals surface area contributed by atoms with Crippen molar-refractivity contribution < 1.29 is 4.79 Å². The van der Waals surface area contributed by atoms with Crippen molar-refractivity contribution in [1.29, 1.82) is 0 Å². The van der Waals surface area contributed by atoms with E-state index in [9.17, 15) is 4.79 Å². The number of nitrogens with zero attached hydrogens (tertiary/aromatic N) is 4. The number of nitrogens with one attached hydrogen (secondary N) is 1. The van der Waals surface area contributed by atoms with E-state index in [2.05, 4.69) is 15.4 Å². The van der Waals surface area contributed by atoms with E-state index in [4.69, 9.17) is 0 Å². The first kappa shape index (κ1) is 17.7. The van der Waals surface area contributed by atoms with Crippen LogP contribution in [0.2, 0.25) is 0 Å². The molecule has 0 radical (unpaired) electrons. The van der Waals surface area contributed by atoms with Crippen molar-refractivity contribution in [2.24, 2.45) is 5.92 Å². The highest BCUT2D eigenvalue weighted by atomic mass is 35.5. The zero-order valence-electron chi connectivity index (χ0n) is 13.7. The summed E-state index contributed by atoms with van der Waals surface area (Å²) < 4.78 is 1.67. The Hall–Kier alpha value is -1.66. The number of fused-ring (bicyclic) bond motifs is 1. The molecular weight excluding hydrogens is 314 g/mol. The Morgan fingerprint density at radius 1 is 1.39 bits per heavy atom. The van der Waals surface area contributed by atoms with E-state index in [1.54, 1.807) is 10.7 Å². The first-order valence-electron chi connectivity index (χ1n) is 7.94. The van der Waals surface area contributed by atoms with Crippen molar-refractivity contribution in [3.63, 3.8) is 0 Å². The third kappa shape index (κ3) is 3.82. The van der Waals surface area contributed by atoms with Gasteiger partial charge in [-0.15, -0.1) is 12.4 Å². The Balaban J connectivity index is 0.00000192. The summed E-state index contributed by atoms with van der Waals surface area (Å²) in [4.78, 5) is 19.1. The fourth-order valence-corrected chi connectivity index (χ4v) is 3.05. The number of aryl methyl sites for hydroxylation is 1. The molecule has 0 unspecified atom stereocenters. The number of likely N-dealkylation sites (tertiary alicyclic amines) is 1. The summed E-state index contributed by atoms with van der Waals surface area (Å²) in [5.74, 6) is 0.779. The third-order valence-electron chi connectivity index (χ3n) is 4.44. The highest BCUT2D eigenvalue weighted by Crippen LogP contribution is 2.22. The SMILES string of the molecule is CNCCC1CCN(C(=O)c2cnn3ccc(C)nc23)CC1.Cl. The fraction of sp³-hybridized carbons (Fsp3) is 0.562. The molecule has 0 aliphatic carbocycles. The molecule has 1 amide bonds. The van der Waals surface area contributed by atoms with Crippen LogP contribution in [0.25, 0.3) is 5.65 Å². The number of hydrogen-bond donors (Lipinski definition) is 1. The van der Waals surface area contributed by atoms with Crippen LogP contribution in [0.15, 0.2) is 18.5 Å². The molecule has 23 heavy (non-hydrogen) atoms. The fourth-order valence-electron chi connectivity index (χ4n) is 3.05. The van der Waals surface area contributed by atoms with Crippen molar-refractivity contribution in [3.05, 3.63) is 29.7 Å². The third-order valence-corrected chi connectivity index (χ3v) is 4.44. The average Bonchev–Trinajstić information content (AvgIpc) is 2.95. The molecule has 6 nitrogen and oxygen atoms in total. The minimum absolute atomic E-state index is 0. The number of amides is 1. The lowest BCUT2D eigenvalue weighted by atomic mass is 9.93. The standard InChI is InChI=1S/C16H23N5O.ClH/c1-12-4-10-21-15(19-12)14(11-18-21)16(22)20-8-5-13(6-9-20)3-7-17-2;/h4,10-11,13,17H,3,5-9H2,1-2H3;1H. The number of rotatable bonds is 4. The topological polar surface area (TPSA) is 62.5 Å². The van der Waals surface area contributed by atoms with Crippen LogP contribution in [0.3, 0.4) is 0 Å². The summed E-state index contributed by atoms with van der Waals surface area (Å²) in [6, 6.07) is 1.89. The molecule has 0 bridgehead atoms. The van der Waals surface area contributed by atoms with Crippen LogP contribution in [0.4, 0.5) is 0 Å². The summed E-state index contributed by atoms with van der Waals surface area (Å²) >= 11 is 0. The molecule has 1 N–H and O–H groups in total. The normalized spacial score (nSPS) is 15.7. The van der Waals surface area contributed by atoms with E-state index >= 15 is 0 Å². The number of hydrogen-bond acceptors (Lipinski definition) is 4. The van der Waals surface area contributed by atoms with Gasteiger partial charge in [0.25, 0.3) is 5.91 Å². The van der Waals surface area contributed by atoms with Crippen LogP contribution in [-0.2, 0) is 0 Å². The maximum atomic E-state index is 12.7. The number of halogens is 1. The number of carbonyl (C=O) groups is 1. The lowest BCUT2D eigenvalue weighted by Gasteiger charge is -2.31. The second-order valence-corrected chi connectivity index (χ2v) is 6.02. The highest BCUT2D eigenvalue weighted by molar-refractivity contribution is 5.99. The van der Waals surface area contributed by atoms with Crippen LogP contribution >= 0.6 is 12.4 Å². The van der Waals surface area contributed by atoms with Crippen LogP contribution in [0.5, 0.6) is 0 Å². The molecular formula is C16H24ClN5O. The van der Waals surface area contributed by atoms with Gasteiger partial charge in [0, 0.05) is 25.0 Å². The first-order chi connectivity index (χ1) is 10.7. The Kier molecular flexibility index (Phi) is 5.96. The van der Waals surface area contributed by atoms with Gasteiger partial charge in [0.1, 0.15) is 5.56 Å². The van der Waals surface area contributed by atoms with E-state index < -0.39 is 0 Å². The number of carbonyl (C=O) groups excluding carboxylic acids is 1. The van der Waals surface area contributed by atoms with Gasteiger partial charge in [0.2, 0.25) is 0 Å². The van der Waals surface area contributed by atoms with Crippen LogP contribution in [0.1, 0.15) is 35.3 Å². The first-order valence-corrected chi connectivity index (χ1v) is 7.94. The van der Waals surface area contributed by atoms with E-state index in [0.29, 0.717) is 11.2 Å². The van der Waals surface area contributed by atoms with E-state index in [-0.39, 0.29) is 18.3 Å². The molecule has 7 heteroatoms. The molecule has 1 saturated heterocycles. The molecule has 2 aromatic heterocycles. The Morgan fingerprint density at radius 2 is 2.13 bits per heavy atom. The number of aromatic nitrogens is 3. The van der Waals surface area contributed by atoms with Gasteiger partial charge in [-0.2, -0.15) is 5.10 Å². The van der Waals surface area contributed by atoms with E-state index in [0.717, 1.165) is 44.1 Å². The van der Waals surface area contributed by atoms with Gasteiger partial charge in [-0.05, 0) is 51.8 Å². The Morgan fingerprint density at radius 3 is 2.83 bits per heavy atom. The Bertz CT molecular complexity index is 664. The van der Waals surface area contributed by atoms with Gasteiger partial charge >= 0.3 is 0 Å². The monoisotopic (exact) mass is 337 g/mol. The predicted molar refractivity (Wildman–Crippen MR) is 92.1 cm³/mol. The average molecular weight is 338 g/mol. The number of piperidine rings is 1. The van der Waals surface area contributed by atoms with Gasteiger partial charge in [0.15, 0.2) is 5.65 Å². The molecule has 3 rings (SSSR count). The predicted octanol–water partition coefficient (Wildman–Crippen LogP) is 1.92. The van der Waals surface area contributed by atoms with Crippen molar-refractivity contribution in [3.8, 4) is 0 Å². The van der Waals surface area contributed by atoms with Gasteiger partial charge in [0.05, 0.1) is 6.20 Å². The van der Waals surface area contributed by atoms with Crippen molar-refractivity contribution in [2.75, 3.05) is 26.7 Å². The highest BCUT2D eigenvalue weighted by Gasteiger charge is 2.25. The zero-order chi connectivity index (χ0) is 15.5. The van der Waals surface area contributed by atoms with Crippen molar-refractivity contribution in [1.82, 2.24) is 24.8 Å². The zero-order valence-corrected chi connectivity index (χ0v) is 14.5. The van der Waals surface area contributed by atoms with Gasteiger partial charge in [-0.3, -0.25) is 4.79 Å². The molecule has 0 saturated carbocycles. The smallest absolute Gasteiger partial charge is 0.259 e. The minimum Gasteiger partial charge on any atom is -0.338 e. The second kappa shape index (κ2) is 7.75. The Labute approximate surface area is 142 Å². The molecule has 0 aromatic carbocycles. The molecule has 2 aromatic rings. The van der Waals surface area contributed by atoms with Crippen molar-refractivity contribution in [2.45, 2.75) is 26.2 Å². The van der Waals surface area contributed by atoms with Gasteiger partial charge in [-0.1, -0.05) is 0 Å². The summed E-state index contributed by atoms with van der Waals surface area (Å²) in [5, 5.41) is 7.43. The van der Waals surface area contributed by atoms with E-state index in [1.165, 1.54) is 6.42 Å². The molecule has 0 spiro atoms. The largest absolute Gasteiger partial charge is 0.338 e. The van der Waals surface area contributed by atoms with Gasteiger partial charge in [-0.25, -0.2) is 9.50 Å². The molecule has 0 atom stereocenters. The lowest BCUT2D eigenvalue weighted by molar-refractivity contribution is 0.0689.